The van der Waals surface area contributed by atoms with Gasteiger partial charge >= 0.3 is 0 Å². The van der Waals surface area contributed by atoms with Crippen LogP contribution in [0.25, 0.3) is 86.2 Å². The molecule has 0 spiro atoms. The van der Waals surface area contributed by atoms with Crippen molar-refractivity contribution in [2.45, 2.75) is 0 Å². The second kappa shape index (κ2) is 14.4. The summed E-state index contributed by atoms with van der Waals surface area (Å²) in [5, 5.41) is 7.63. The van der Waals surface area contributed by atoms with Crippen LogP contribution >= 0.6 is 11.3 Å². The smallest absolute Gasteiger partial charge is 0.0540 e. The molecule has 2 heteroatoms. The van der Waals surface area contributed by atoms with E-state index in [0.717, 1.165) is 17.1 Å². The van der Waals surface area contributed by atoms with Gasteiger partial charge in [-0.3, -0.25) is 0 Å². The highest BCUT2D eigenvalue weighted by atomic mass is 32.1. The average Bonchev–Trinajstić information content (AvgIpc) is 3.67. The molecule has 0 radical (unpaired) electrons. The lowest BCUT2D eigenvalue weighted by atomic mass is 9.96. The number of para-hydroxylation sites is 1. The highest BCUT2D eigenvalue weighted by Gasteiger charge is 2.19. The standard InChI is InChI=1S/C56H37NS/c1-2-13-43-35-45(28-27-38(43)11-1)40-25-23-39(24-26-40)44-15-9-16-48(36-44)57(47-32-29-42(30-33-47)50-20-10-14-41-12-3-4-17-49(41)50)54-21-7-5-18-51(54)46-31-34-56-53(37-46)52-19-6-8-22-55(52)58-56/h1-37H. The number of benzene rings is 10. The fraction of sp³-hybridized carbons (Fsp3) is 0. The molecule has 0 aliphatic heterocycles. The Bertz CT molecular complexity index is 3280. The van der Waals surface area contributed by atoms with Gasteiger partial charge in [-0.05, 0) is 115 Å². The van der Waals surface area contributed by atoms with Crippen molar-refractivity contribution in [3.05, 3.63) is 224 Å². The summed E-state index contributed by atoms with van der Waals surface area (Å²) in [6.07, 6.45) is 0. The Hall–Kier alpha value is -7.26. The van der Waals surface area contributed by atoms with Crippen molar-refractivity contribution in [1.29, 1.82) is 0 Å². The van der Waals surface area contributed by atoms with Gasteiger partial charge in [-0.25, -0.2) is 0 Å². The summed E-state index contributed by atoms with van der Waals surface area (Å²) in [7, 11) is 0. The van der Waals surface area contributed by atoms with Crippen molar-refractivity contribution < 1.29 is 0 Å². The number of anilines is 3. The first-order chi connectivity index (χ1) is 28.7. The Morgan fingerprint density at radius 2 is 0.862 bits per heavy atom. The number of hydrogen-bond donors (Lipinski definition) is 0. The third-order valence-corrected chi connectivity index (χ3v) is 12.6. The van der Waals surface area contributed by atoms with E-state index in [1.54, 1.807) is 0 Å². The van der Waals surface area contributed by atoms with E-state index in [1.165, 1.54) is 86.2 Å². The minimum Gasteiger partial charge on any atom is -0.310 e. The first-order valence-electron chi connectivity index (χ1n) is 19.8. The van der Waals surface area contributed by atoms with Gasteiger partial charge in [0.15, 0.2) is 0 Å². The second-order valence-corrected chi connectivity index (χ2v) is 16.0. The largest absolute Gasteiger partial charge is 0.310 e. The molecule has 11 aromatic rings. The minimum absolute atomic E-state index is 1.10. The van der Waals surface area contributed by atoms with E-state index >= 15 is 0 Å². The number of hydrogen-bond acceptors (Lipinski definition) is 2. The molecule has 58 heavy (non-hydrogen) atoms. The van der Waals surface area contributed by atoms with Gasteiger partial charge in [0.1, 0.15) is 0 Å². The van der Waals surface area contributed by atoms with Crippen LogP contribution in [0.15, 0.2) is 224 Å². The number of nitrogens with zero attached hydrogens (tertiary/aromatic N) is 1. The molecule has 0 aliphatic carbocycles. The highest BCUT2D eigenvalue weighted by molar-refractivity contribution is 7.25. The van der Waals surface area contributed by atoms with E-state index in [4.69, 9.17) is 0 Å². The fourth-order valence-corrected chi connectivity index (χ4v) is 9.64. The van der Waals surface area contributed by atoms with Gasteiger partial charge in [0.25, 0.3) is 0 Å². The second-order valence-electron chi connectivity index (χ2n) is 14.9. The van der Waals surface area contributed by atoms with E-state index in [1.807, 2.05) is 11.3 Å². The molecule has 1 nitrogen and oxygen atoms in total. The van der Waals surface area contributed by atoms with Crippen LogP contribution in [-0.2, 0) is 0 Å². The Labute approximate surface area is 342 Å². The zero-order valence-corrected chi connectivity index (χ0v) is 32.5. The predicted octanol–water partition coefficient (Wildman–Crippen LogP) is 16.5. The molecule has 0 atom stereocenters. The molecule has 11 rings (SSSR count). The van der Waals surface area contributed by atoms with Crippen molar-refractivity contribution in [2.24, 2.45) is 0 Å². The van der Waals surface area contributed by atoms with Crippen LogP contribution < -0.4 is 4.90 Å². The van der Waals surface area contributed by atoms with Crippen LogP contribution in [0.1, 0.15) is 0 Å². The highest BCUT2D eigenvalue weighted by Crippen LogP contribution is 2.44. The Morgan fingerprint density at radius 1 is 0.276 bits per heavy atom. The molecular formula is C56H37NS. The molecule has 0 saturated heterocycles. The average molecular weight is 756 g/mol. The summed E-state index contributed by atoms with van der Waals surface area (Å²) < 4.78 is 2.63. The first kappa shape index (κ1) is 34.0. The van der Waals surface area contributed by atoms with Crippen molar-refractivity contribution in [1.82, 2.24) is 0 Å². The molecule has 0 amide bonds. The van der Waals surface area contributed by atoms with Gasteiger partial charge < -0.3 is 4.90 Å². The van der Waals surface area contributed by atoms with E-state index in [-0.39, 0.29) is 0 Å². The monoisotopic (exact) mass is 755 g/mol. The normalized spacial score (nSPS) is 11.4. The molecule has 0 bridgehead atoms. The molecule has 272 valence electrons. The van der Waals surface area contributed by atoms with E-state index in [0.29, 0.717) is 0 Å². The topological polar surface area (TPSA) is 3.24 Å². The predicted molar refractivity (Wildman–Crippen MR) is 251 cm³/mol. The van der Waals surface area contributed by atoms with Crippen LogP contribution in [-0.4, -0.2) is 0 Å². The van der Waals surface area contributed by atoms with Crippen LogP contribution in [0.2, 0.25) is 0 Å². The van der Waals surface area contributed by atoms with Gasteiger partial charge in [0, 0.05) is 37.1 Å². The molecule has 0 aliphatic rings. The fourth-order valence-electron chi connectivity index (χ4n) is 8.55. The third-order valence-electron chi connectivity index (χ3n) is 11.5. The molecule has 0 unspecified atom stereocenters. The quantitative estimate of drug-likeness (QED) is 0.157. The molecule has 0 fully saturated rings. The molecular weight excluding hydrogens is 719 g/mol. The summed E-state index contributed by atoms with van der Waals surface area (Å²) in [6, 6.07) is 82.0. The lowest BCUT2D eigenvalue weighted by Gasteiger charge is -2.28. The molecule has 1 heterocycles. The van der Waals surface area contributed by atoms with Gasteiger partial charge in [-0.1, -0.05) is 170 Å². The zero-order valence-electron chi connectivity index (χ0n) is 31.7. The lowest BCUT2D eigenvalue weighted by molar-refractivity contribution is 1.28. The maximum absolute atomic E-state index is 2.42. The SMILES string of the molecule is c1cc(-c2ccc(-c3ccc4ccccc4c3)cc2)cc(N(c2ccc(-c3cccc4ccccc34)cc2)c2ccccc2-c2ccc3sc4ccccc4c3c2)c1. The number of thiophene rings is 1. The summed E-state index contributed by atoms with van der Waals surface area (Å²) in [5.74, 6) is 0. The summed E-state index contributed by atoms with van der Waals surface area (Å²) in [4.78, 5) is 2.42. The minimum atomic E-state index is 1.10. The molecule has 10 aromatic carbocycles. The van der Waals surface area contributed by atoms with Gasteiger partial charge in [0.05, 0.1) is 5.69 Å². The molecule has 0 N–H and O–H groups in total. The van der Waals surface area contributed by atoms with Crippen LogP contribution in [0.3, 0.4) is 0 Å². The van der Waals surface area contributed by atoms with E-state index < -0.39 is 0 Å². The van der Waals surface area contributed by atoms with Gasteiger partial charge in [-0.15, -0.1) is 11.3 Å². The van der Waals surface area contributed by atoms with Crippen LogP contribution in [0, 0.1) is 0 Å². The summed E-state index contributed by atoms with van der Waals surface area (Å²) >= 11 is 1.86. The van der Waals surface area contributed by atoms with Gasteiger partial charge in [0.2, 0.25) is 0 Å². The Balaban J connectivity index is 1.03. The number of fused-ring (bicyclic) bond motifs is 5. The van der Waals surface area contributed by atoms with Crippen molar-refractivity contribution in [3.8, 4) is 44.5 Å². The third kappa shape index (κ3) is 6.12. The van der Waals surface area contributed by atoms with Crippen molar-refractivity contribution >= 4 is 70.1 Å². The lowest BCUT2D eigenvalue weighted by Crippen LogP contribution is -2.11. The Kier molecular flexibility index (Phi) is 8.42. The molecule has 0 saturated carbocycles. The van der Waals surface area contributed by atoms with E-state index in [2.05, 4.69) is 229 Å². The maximum atomic E-state index is 2.42. The van der Waals surface area contributed by atoms with Crippen molar-refractivity contribution in [2.75, 3.05) is 4.90 Å². The Morgan fingerprint density at radius 3 is 1.71 bits per heavy atom. The zero-order chi connectivity index (χ0) is 38.4. The summed E-state index contributed by atoms with van der Waals surface area (Å²) in [5.41, 5.74) is 12.9. The van der Waals surface area contributed by atoms with E-state index in [9.17, 15) is 0 Å². The van der Waals surface area contributed by atoms with Crippen LogP contribution in [0.5, 0.6) is 0 Å². The molecule has 1 aromatic heterocycles. The number of rotatable bonds is 7. The van der Waals surface area contributed by atoms with Crippen LogP contribution in [0.4, 0.5) is 17.1 Å². The van der Waals surface area contributed by atoms with Gasteiger partial charge in [-0.2, -0.15) is 0 Å². The summed E-state index contributed by atoms with van der Waals surface area (Å²) in [6.45, 7) is 0. The van der Waals surface area contributed by atoms with Crippen molar-refractivity contribution in [3.63, 3.8) is 0 Å². The first-order valence-corrected chi connectivity index (χ1v) is 20.6. The maximum Gasteiger partial charge on any atom is 0.0540 e.